The maximum atomic E-state index is 2.44. The Balaban J connectivity index is 1.12. The third kappa shape index (κ3) is 5.66. The first kappa shape index (κ1) is 33.6. The lowest BCUT2D eigenvalue weighted by atomic mass is 9.94. The van der Waals surface area contributed by atoms with Gasteiger partial charge in [0.2, 0.25) is 0 Å². The lowest BCUT2D eigenvalue weighted by molar-refractivity contribution is 1.18. The van der Waals surface area contributed by atoms with E-state index in [9.17, 15) is 0 Å². The molecule has 0 bridgehead atoms. The van der Waals surface area contributed by atoms with Gasteiger partial charge in [0.05, 0.1) is 16.7 Å². The predicted octanol–water partition coefficient (Wildman–Crippen LogP) is 15.6. The molecule has 0 N–H and O–H groups in total. The largest absolute Gasteiger partial charge is 0.310 e. The van der Waals surface area contributed by atoms with E-state index in [1.165, 1.54) is 76.7 Å². The monoisotopic (exact) mass is 738 g/mol. The first-order chi connectivity index (χ1) is 28.8. The minimum Gasteiger partial charge on any atom is -0.310 e. The van der Waals surface area contributed by atoms with Crippen molar-refractivity contribution in [2.45, 2.75) is 0 Å². The smallest absolute Gasteiger partial charge is 0.0547 e. The second-order valence-corrected chi connectivity index (χ2v) is 14.9. The highest BCUT2D eigenvalue weighted by atomic mass is 15.1. The summed E-state index contributed by atoms with van der Waals surface area (Å²) in [6.45, 7) is 0. The van der Waals surface area contributed by atoms with Crippen LogP contribution in [0.3, 0.4) is 0 Å². The summed E-state index contributed by atoms with van der Waals surface area (Å²) in [4.78, 5) is 2.44. The van der Waals surface area contributed by atoms with Crippen LogP contribution in [0.5, 0.6) is 0 Å². The molecule has 0 fully saturated rings. The van der Waals surface area contributed by atoms with Crippen LogP contribution in [0.2, 0.25) is 0 Å². The van der Waals surface area contributed by atoms with E-state index < -0.39 is 0 Å². The van der Waals surface area contributed by atoms with Gasteiger partial charge < -0.3 is 9.47 Å². The Morgan fingerprint density at radius 1 is 0.310 bits per heavy atom. The molecule has 0 amide bonds. The van der Waals surface area contributed by atoms with Gasteiger partial charge in [-0.1, -0.05) is 176 Å². The number of hydrogen-bond acceptors (Lipinski definition) is 1. The van der Waals surface area contributed by atoms with E-state index >= 15 is 0 Å². The molecular formula is C56H38N2. The highest BCUT2D eigenvalue weighted by Crippen LogP contribution is 2.45. The van der Waals surface area contributed by atoms with Crippen molar-refractivity contribution >= 4 is 60.4 Å². The third-order valence-electron chi connectivity index (χ3n) is 11.6. The Bertz CT molecular complexity index is 3270. The maximum Gasteiger partial charge on any atom is 0.0547 e. The summed E-state index contributed by atoms with van der Waals surface area (Å²) in [5.41, 5.74) is 14.1. The number of benzene rings is 10. The van der Waals surface area contributed by atoms with Crippen LogP contribution in [0.15, 0.2) is 231 Å². The Hall–Kier alpha value is -7.68. The Kier molecular flexibility index (Phi) is 8.19. The van der Waals surface area contributed by atoms with E-state index in [0.29, 0.717) is 0 Å². The van der Waals surface area contributed by atoms with E-state index in [1.54, 1.807) is 0 Å². The minimum atomic E-state index is 1.09. The number of fused-ring (bicyclic) bond motifs is 6. The number of anilines is 3. The molecule has 0 unspecified atom stereocenters. The zero-order valence-electron chi connectivity index (χ0n) is 31.8. The van der Waals surface area contributed by atoms with Gasteiger partial charge in [-0.05, 0) is 104 Å². The highest BCUT2D eigenvalue weighted by Gasteiger charge is 2.20. The van der Waals surface area contributed by atoms with Crippen molar-refractivity contribution in [3.05, 3.63) is 231 Å². The standard InChI is InChI=1S/C56H38N2/c1-3-17-39(18-4-1)46-24-9-10-25-47(46)40-33-35-44(36-34-40)57(55-38-42-19-7-8-26-48(42)50-27-11-12-28-51(50)55)45-23-15-20-41(37-45)49-30-16-32-54-56(49)52-29-13-14-31-53(52)58(54)43-21-5-2-6-22-43/h1-38H. The number of nitrogens with zero attached hydrogens (tertiary/aromatic N) is 2. The van der Waals surface area contributed by atoms with Crippen LogP contribution < -0.4 is 4.90 Å². The third-order valence-corrected chi connectivity index (χ3v) is 11.6. The molecule has 58 heavy (non-hydrogen) atoms. The molecule has 2 heteroatoms. The molecular weight excluding hydrogens is 701 g/mol. The number of aromatic nitrogens is 1. The molecule has 1 aromatic heterocycles. The van der Waals surface area contributed by atoms with Gasteiger partial charge in [-0.25, -0.2) is 0 Å². The fourth-order valence-electron chi connectivity index (χ4n) is 8.97. The molecule has 0 saturated heterocycles. The molecule has 0 aliphatic carbocycles. The van der Waals surface area contributed by atoms with E-state index in [4.69, 9.17) is 0 Å². The Morgan fingerprint density at radius 2 is 0.862 bits per heavy atom. The van der Waals surface area contributed by atoms with Crippen LogP contribution in [-0.2, 0) is 0 Å². The predicted molar refractivity (Wildman–Crippen MR) is 247 cm³/mol. The zero-order chi connectivity index (χ0) is 38.4. The van der Waals surface area contributed by atoms with Crippen LogP contribution in [-0.4, -0.2) is 4.57 Å². The molecule has 11 aromatic rings. The summed E-state index contributed by atoms with van der Waals surface area (Å²) in [6, 6.07) is 83.7. The van der Waals surface area contributed by atoms with Crippen molar-refractivity contribution in [3.8, 4) is 39.1 Å². The van der Waals surface area contributed by atoms with Gasteiger partial charge in [0.25, 0.3) is 0 Å². The lowest BCUT2D eigenvalue weighted by Crippen LogP contribution is -2.11. The van der Waals surface area contributed by atoms with Crippen LogP contribution in [0.1, 0.15) is 0 Å². The van der Waals surface area contributed by atoms with Crippen molar-refractivity contribution < 1.29 is 0 Å². The molecule has 2 nitrogen and oxygen atoms in total. The number of rotatable bonds is 7. The second-order valence-electron chi connectivity index (χ2n) is 14.9. The van der Waals surface area contributed by atoms with Crippen molar-refractivity contribution in [1.29, 1.82) is 0 Å². The molecule has 0 aliphatic rings. The van der Waals surface area contributed by atoms with Crippen molar-refractivity contribution in [1.82, 2.24) is 4.57 Å². The highest BCUT2D eigenvalue weighted by molar-refractivity contribution is 6.17. The topological polar surface area (TPSA) is 8.17 Å². The van der Waals surface area contributed by atoms with E-state index in [2.05, 4.69) is 240 Å². The Morgan fingerprint density at radius 3 is 1.64 bits per heavy atom. The van der Waals surface area contributed by atoms with Crippen molar-refractivity contribution in [2.75, 3.05) is 4.90 Å². The number of para-hydroxylation sites is 2. The summed E-state index contributed by atoms with van der Waals surface area (Å²) in [5, 5.41) is 7.41. The van der Waals surface area contributed by atoms with Gasteiger partial charge in [-0.15, -0.1) is 0 Å². The molecule has 272 valence electrons. The maximum absolute atomic E-state index is 2.44. The van der Waals surface area contributed by atoms with E-state index in [-0.39, 0.29) is 0 Å². The van der Waals surface area contributed by atoms with Crippen LogP contribution in [0.25, 0.3) is 82.4 Å². The molecule has 0 atom stereocenters. The van der Waals surface area contributed by atoms with Crippen LogP contribution in [0, 0.1) is 0 Å². The molecule has 10 aromatic carbocycles. The van der Waals surface area contributed by atoms with Crippen molar-refractivity contribution in [3.63, 3.8) is 0 Å². The zero-order valence-corrected chi connectivity index (χ0v) is 31.8. The first-order valence-corrected chi connectivity index (χ1v) is 19.9. The van der Waals surface area contributed by atoms with Gasteiger partial charge in [0.15, 0.2) is 0 Å². The summed E-state index contributed by atoms with van der Waals surface area (Å²) >= 11 is 0. The quantitative estimate of drug-likeness (QED) is 0.148. The average Bonchev–Trinajstić information content (AvgIpc) is 3.65. The summed E-state index contributed by atoms with van der Waals surface area (Å²) < 4.78 is 2.39. The molecule has 0 saturated carbocycles. The van der Waals surface area contributed by atoms with Crippen molar-refractivity contribution in [2.24, 2.45) is 0 Å². The Labute approximate surface area is 338 Å². The summed E-state index contributed by atoms with van der Waals surface area (Å²) in [7, 11) is 0. The lowest BCUT2D eigenvalue weighted by Gasteiger charge is -2.28. The SMILES string of the molecule is c1ccc(-c2ccccc2-c2ccc(N(c3cccc(-c4cccc5c4c4ccccc4n5-c4ccccc4)c3)c3cc4ccccc4c4ccccc34)cc2)cc1. The normalized spacial score (nSPS) is 11.4. The van der Waals surface area contributed by atoms with Gasteiger partial charge >= 0.3 is 0 Å². The summed E-state index contributed by atoms with van der Waals surface area (Å²) in [5.74, 6) is 0. The first-order valence-electron chi connectivity index (χ1n) is 19.9. The van der Waals surface area contributed by atoms with Crippen LogP contribution >= 0.6 is 0 Å². The minimum absolute atomic E-state index is 1.09. The van der Waals surface area contributed by atoms with E-state index in [1.807, 2.05) is 0 Å². The fourth-order valence-corrected chi connectivity index (χ4v) is 8.97. The molecule has 0 aliphatic heterocycles. The average molecular weight is 739 g/mol. The van der Waals surface area contributed by atoms with E-state index in [0.717, 1.165) is 22.7 Å². The van der Waals surface area contributed by atoms with Gasteiger partial charge in [-0.3, -0.25) is 0 Å². The number of hydrogen-bond donors (Lipinski definition) is 0. The summed E-state index contributed by atoms with van der Waals surface area (Å²) in [6.07, 6.45) is 0. The second kappa shape index (κ2) is 14.1. The molecule has 0 radical (unpaired) electrons. The van der Waals surface area contributed by atoms with Gasteiger partial charge in [0, 0.05) is 33.2 Å². The molecule has 1 heterocycles. The van der Waals surface area contributed by atoms with Gasteiger partial charge in [-0.2, -0.15) is 0 Å². The van der Waals surface area contributed by atoms with Gasteiger partial charge in [0.1, 0.15) is 0 Å². The molecule has 0 spiro atoms. The van der Waals surface area contributed by atoms with Crippen LogP contribution in [0.4, 0.5) is 17.1 Å². The molecule has 11 rings (SSSR count). The fraction of sp³-hybridized carbons (Fsp3) is 0.